The van der Waals surface area contributed by atoms with Crippen LogP contribution in [0.4, 0.5) is 0 Å². The van der Waals surface area contributed by atoms with E-state index in [0.717, 1.165) is 12.8 Å². The Morgan fingerprint density at radius 2 is 1.82 bits per heavy atom. The molecule has 1 rings (SSSR count). The van der Waals surface area contributed by atoms with Crippen LogP contribution in [-0.2, 0) is 5.41 Å². The molecule has 1 aromatic carbocycles. The normalized spacial score (nSPS) is 14.6. The SMILES string of the molecule is C/C=C/[C@](C)(CCC=C(C)C)c1ccccc1. The van der Waals surface area contributed by atoms with Crippen molar-refractivity contribution < 1.29 is 0 Å². The van der Waals surface area contributed by atoms with Crippen LogP contribution in [0.1, 0.15) is 46.1 Å². The van der Waals surface area contributed by atoms with Crippen LogP contribution in [0.5, 0.6) is 0 Å². The van der Waals surface area contributed by atoms with Crippen LogP contribution >= 0.6 is 0 Å². The van der Waals surface area contributed by atoms with Crippen molar-refractivity contribution in [3.05, 3.63) is 59.7 Å². The molecule has 17 heavy (non-hydrogen) atoms. The van der Waals surface area contributed by atoms with Crippen molar-refractivity contribution in [2.75, 3.05) is 0 Å². The topological polar surface area (TPSA) is 0 Å². The number of benzene rings is 1. The molecule has 0 spiro atoms. The molecule has 0 bridgehead atoms. The summed E-state index contributed by atoms with van der Waals surface area (Å²) in [5.74, 6) is 0. The minimum atomic E-state index is 0.155. The summed E-state index contributed by atoms with van der Waals surface area (Å²) in [6.07, 6.45) is 9.10. The number of hydrogen-bond acceptors (Lipinski definition) is 0. The third-order valence-electron chi connectivity index (χ3n) is 3.18. The van der Waals surface area contributed by atoms with Crippen molar-refractivity contribution >= 4 is 0 Å². The molecule has 0 radical (unpaired) electrons. The smallest absolute Gasteiger partial charge is 0.0106 e. The lowest BCUT2D eigenvalue weighted by Gasteiger charge is -2.26. The Kier molecular flexibility index (Phi) is 5.21. The molecule has 0 heterocycles. The molecule has 92 valence electrons. The van der Waals surface area contributed by atoms with Gasteiger partial charge in [-0.15, -0.1) is 0 Å². The van der Waals surface area contributed by atoms with Crippen LogP contribution < -0.4 is 0 Å². The first-order chi connectivity index (χ1) is 8.08. The fraction of sp³-hybridized carbons (Fsp3) is 0.412. The lowest BCUT2D eigenvalue weighted by atomic mass is 9.78. The van der Waals surface area contributed by atoms with E-state index >= 15 is 0 Å². The van der Waals surface area contributed by atoms with Crippen molar-refractivity contribution in [1.82, 2.24) is 0 Å². The van der Waals surface area contributed by atoms with E-state index in [1.807, 2.05) is 0 Å². The van der Waals surface area contributed by atoms with Crippen LogP contribution in [-0.4, -0.2) is 0 Å². The summed E-state index contributed by atoms with van der Waals surface area (Å²) in [6.45, 7) is 8.74. The minimum absolute atomic E-state index is 0.155. The Bertz CT molecular complexity index is 380. The summed E-state index contributed by atoms with van der Waals surface area (Å²) in [4.78, 5) is 0. The predicted octanol–water partition coefficient (Wildman–Crippen LogP) is 5.27. The van der Waals surface area contributed by atoms with Gasteiger partial charge in [0, 0.05) is 5.41 Å². The molecule has 0 aliphatic carbocycles. The van der Waals surface area contributed by atoms with Crippen LogP contribution in [0.3, 0.4) is 0 Å². The van der Waals surface area contributed by atoms with E-state index in [1.165, 1.54) is 11.1 Å². The molecule has 0 N–H and O–H groups in total. The van der Waals surface area contributed by atoms with E-state index < -0.39 is 0 Å². The van der Waals surface area contributed by atoms with Gasteiger partial charge in [-0.05, 0) is 39.2 Å². The Hall–Kier alpha value is -1.30. The summed E-state index contributed by atoms with van der Waals surface area (Å²) in [5, 5.41) is 0. The third kappa shape index (κ3) is 4.22. The summed E-state index contributed by atoms with van der Waals surface area (Å²) >= 11 is 0. The van der Waals surface area contributed by atoms with Crippen molar-refractivity contribution in [2.45, 2.75) is 46.0 Å². The maximum Gasteiger partial charge on any atom is 0.0106 e. The van der Waals surface area contributed by atoms with Gasteiger partial charge in [-0.2, -0.15) is 0 Å². The molecular weight excluding hydrogens is 204 g/mol. The summed E-state index contributed by atoms with van der Waals surface area (Å²) in [6, 6.07) is 10.8. The van der Waals surface area contributed by atoms with Crippen molar-refractivity contribution in [2.24, 2.45) is 0 Å². The fourth-order valence-electron chi connectivity index (χ4n) is 2.17. The Morgan fingerprint density at radius 1 is 1.18 bits per heavy atom. The average Bonchev–Trinajstić information content (AvgIpc) is 2.30. The van der Waals surface area contributed by atoms with Crippen molar-refractivity contribution in [1.29, 1.82) is 0 Å². The highest BCUT2D eigenvalue weighted by Gasteiger charge is 2.21. The molecule has 1 atom stereocenters. The van der Waals surface area contributed by atoms with Gasteiger partial charge in [0.15, 0.2) is 0 Å². The van der Waals surface area contributed by atoms with Gasteiger partial charge in [0.25, 0.3) is 0 Å². The molecule has 0 saturated heterocycles. The van der Waals surface area contributed by atoms with E-state index in [-0.39, 0.29) is 5.41 Å². The monoisotopic (exact) mass is 228 g/mol. The summed E-state index contributed by atoms with van der Waals surface area (Å²) in [5.41, 5.74) is 2.96. The van der Waals surface area contributed by atoms with E-state index in [1.54, 1.807) is 0 Å². The molecule has 0 heteroatoms. The molecule has 0 fully saturated rings. The lowest BCUT2D eigenvalue weighted by Crippen LogP contribution is -2.18. The van der Waals surface area contributed by atoms with E-state index in [4.69, 9.17) is 0 Å². The molecule has 0 aromatic heterocycles. The highest BCUT2D eigenvalue weighted by Crippen LogP contribution is 2.30. The molecule has 1 aromatic rings. The number of allylic oxidation sites excluding steroid dienone is 4. The van der Waals surface area contributed by atoms with Crippen LogP contribution in [0.15, 0.2) is 54.1 Å². The van der Waals surface area contributed by atoms with Crippen LogP contribution in [0, 0.1) is 0 Å². The second kappa shape index (κ2) is 6.44. The van der Waals surface area contributed by atoms with Gasteiger partial charge >= 0.3 is 0 Å². The zero-order valence-corrected chi connectivity index (χ0v) is 11.5. The van der Waals surface area contributed by atoms with Crippen LogP contribution in [0.2, 0.25) is 0 Å². The van der Waals surface area contributed by atoms with Gasteiger partial charge in [-0.25, -0.2) is 0 Å². The second-order valence-electron chi connectivity index (χ2n) is 5.10. The summed E-state index contributed by atoms with van der Waals surface area (Å²) < 4.78 is 0. The standard InChI is InChI=1S/C17H24/c1-5-13-17(4,14-9-10-15(2)3)16-11-7-6-8-12-16/h5-8,10-13H,9,14H2,1-4H3/b13-5+/t17-/m1/s1. The first kappa shape index (κ1) is 13.8. The van der Waals surface area contributed by atoms with E-state index in [2.05, 4.69) is 76.3 Å². The highest BCUT2D eigenvalue weighted by atomic mass is 14.3. The fourth-order valence-corrected chi connectivity index (χ4v) is 2.17. The second-order valence-corrected chi connectivity index (χ2v) is 5.10. The first-order valence-electron chi connectivity index (χ1n) is 6.41. The van der Waals surface area contributed by atoms with Crippen molar-refractivity contribution in [3.8, 4) is 0 Å². The van der Waals surface area contributed by atoms with E-state index in [9.17, 15) is 0 Å². The first-order valence-corrected chi connectivity index (χ1v) is 6.41. The Balaban J connectivity index is 2.87. The molecule has 0 unspecified atom stereocenters. The zero-order valence-electron chi connectivity index (χ0n) is 11.5. The van der Waals surface area contributed by atoms with E-state index in [0.29, 0.717) is 0 Å². The largest absolute Gasteiger partial charge is 0.0908 e. The summed E-state index contributed by atoms with van der Waals surface area (Å²) in [7, 11) is 0. The molecule has 0 aliphatic heterocycles. The molecule has 0 saturated carbocycles. The van der Waals surface area contributed by atoms with Gasteiger partial charge < -0.3 is 0 Å². The molecular formula is C17H24. The van der Waals surface area contributed by atoms with Gasteiger partial charge in [0.2, 0.25) is 0 Å². The number of hydrogen-bond donors (Lipinski definition) is 0. The van der Waals surface area contributed by atoms with Gasteiger partial charge in [-0.1, -0.05) is 61.1 Å². The predicted molar refractivity (Wildman–Crippen MR) is 77.3 cm³/mol. The minimum Gasteiger partial charge on any atom is -0.0908 e. The molecule has 0 nitrogen and oxygen atoms in total. The van der Waals surface area contributed by atoms with Gasteiger partial charge in [-0.3, -0.25) is 0 Å². The average molecular weight is 228 g/mol. The van der Waals surface area contributed by atoms with Crippen molar-refractivity contribution in [3.63, 3.8) is 0 Å². The molecule has 0 amide bonds. The quantitative estimate of drug-likeness (QED) is 0.602. The highest BCUT2D eigenvalue weighted by molar-refractivity contribution is 5.29. The van der Waals surface area contributed by atoms with Gasteiger partial charge in [0.1, 0.15) is 0 Å². The zero-order chi connectivity index (χ0) is 12.7. The number of rotatable bonds is 5. The molecule has 0 aliphatic rings. The lowest BCUT2D eigenvalue weighted by molar-refractivity contribution is 0.544. The maximum atomic E-state index is 2.32. The Labute approximate surface area is 106 Å². The maximum absolute atomic E-state index is 2.32. The third-order valence-corrected chi connectivity index (χ3v) is 3.18. The van der Waals surface area contributed by atoms with Crippen LogP contribution in [0.25, 0.3) is 0 Å². The Morgan fingerprint density at radius 3 is 2.35 bits per heavy atom. The van der Waals surface area contributed by atoms with Gasteiger partial charge in [0.05, 0.1) is 0 Å².